The van der Waals surface area contributed by atoms with E-state index in [1.165, 1.54) is 15.6 Å². The highest BCUT2D eigenvalue weighted by Crippen LogP contribution is 2.19. The second-order valence-electron chi connectivity index (χ2n) is 2.49. The summed E-state index contributed by atoms with van der Waals surface area (Å²) in [4.78, 5) is 0. The SMILES string of the molecule is C=Cc1ccc(Br)c(CCBr)c1. The van der Waals surface area contributed by atoms with Crippen LogP contribution in [0, 0.1) is 0 Å². The maximum absolute atomic E-state index is 3.73. The Labute approximate surface area is 89.9 Å². The van der Waals surface area contributed by atoms with Crippen molar-refractivity contribution in [3.63, 3.8) is 0 Å². The molecule has 0 nitrogen and oxygen atoms in total. The van der Waals surface area contributed by atoms with Gasteiger partial charge in [-0.05, 0) is 23.6 Å². The summed E-state index contributed by atoms with van der Waals surface area (Å²) in [5, 5.41) is 0.992. The maximum Gasteiger partial charge on any atom is 0.0208 e. The molecule has 0 atom stereocenters. The summed E-state index contributed by atoms with van der Waals surface area (Å²) >= 11 is 6.93. The molecule has 1 aromatic rings. The van der Waals surface area contributed by atoms with E-state index in [0.717, 1.165) is 11.8 Å². The van der Waals surface area contributed by atoms with Crippen molar-refractivity contribution in [1.29, 1.82) is 0 Å². The number of aryl methyl sites for hydroxylation is 1. The molecule has 0 fully saturated rings. The first-order chi connectivity index (χ1) is 5.77. The molecule has 0 saturated carbocycles. The molecule has 0 heterocycles. The van der Waals surface area contributed by atoms with Crippen LogP contribution in [0.1, 0.15) is 11.1 Å². The zero-order chi connectivity index (χ0) is 8.97. The van der Waals surface area contributed by atoms with E-state index in [1.807, 2.05) is 6.08 Å². The number of hydrogen-bond donors (Lipinski definition) is 0. The standard InChI is InChI=1S/C10H10Br2/c1-2-8-3-4-10(12)9(7-8)5-6-11/h2-4,7H,1,5-6H2. The van der Waals surface area contributed by atoms with Crippen LogP contribution in [0.25, 0.3) is 6.08 Å². The van der Waals surface area contributed by atoms with E-state index < -0.39 is 0 Å². The van der Waals surface area contributed by atoms with Crippen molar-refractivity contribution in [3.8, 4) is 0 Å². The van der Waals surface area contributed by atoms with E-state index in [0.29, 0.717) is 0 Å². The lowest BCUT2D eigenvalue weighted by atomic mass is 10.1. The minimum Gasteiger partial charge on any atom is -0.0985 e. The normalized spacial score (nSPS) is 9.83. The molecule has 0 aliphatic heterocycles. The highest BCUT2D eigenvalue weighted by molar-refractivity contribution is 9.10. The Hall–Kier alpha value is -0.0800. The molecule has 1 aromatic carbocycles. The minimum atomic E-state index is 0.992. The van der Waals surface area contributed by atoms with Gasteiger partial charge < -0.3 is 0 Å². The smallest absolute Gasteiger partial charge is 0.0208 e. The molecule has 0 amide bonds. The van der Waals surface area contributed by atoms with Gasteiger partial charge >= 0.3 is 0 Å². The van der Waals surface area contributed by atoms with Crippen LogP contribution in [0.2, 0.25) is 0 Å². The monoisotopic (exact) mass is 288 g/mol. The first-order valence-electron chi connectivity index (χ1n) is 3.74. The molecule has 0 bridgehead atoms. The maximum atomic E-state index is 3.73. The van der Waals surface area contributed by atoms with Crippen molar-refractivity contribution in [1.82, 2.24) is 0 Å². The lowest BCUT2D eigenvalue weighted by Crippen LogP contribution is -1.88. The number of halogens is 2. The van der Waals surface area contributed by atoms with Crippen LogP contribution in [-0.2, 0) is 6.42 Å². The Bertz CT molecular complexity index is 279. The van der Waals surface area contributed by atoms with Gasteiger partial charge in [0, 0.05) is 9.80 Å². The second kappa shape index (κ2) is 4.83. The Morgan fingerprint density at radius 1 is 1.42 bits per heavy atom. The van der Waals surface area contributed by atoms with Crippen LogP contribution in [0.15, 0.2) is 29.3 Å². The molecule has 0 saturated heterocycles. The predicted octanol–water partition coefficient (Wildman–Crippen LogP) is 4.03. The van der Waals surface area contributed by atoms with Gasteiger partial charge in [0.1, 0.15) is 0 Å². The predicted molar refractivity (Wildman–Crippen MR) is 61.7 cm³/mol. The zero-order valence-corrected chi connectivity index (χ0v) is 9.86. The summed E-state index contributed by atoms with van der Waals surface area (Å²) < 4.78 is 1.17. The van der Waals surface area contributed by atoms with Crippen molar-refractivity contribution in [2.24, 2.45) is 0 Å². The first kappa shape index (κ1) is 10.0. The van der Waals surface area contributed by atoms with Crippen LogP contribution in [-0.4, -0.2) is 5.33 Å². The van der Waals surface area contributed by atoms with Gasteiger partial charge in [-0.2, -0.15) is 0 Å². The Balaban J connectivity index is 2.99. The van der Waals surface area contributed by atoms with E-state index in [-0.39, 0.29) is 0 Å². The van der Waals surface area contributed by atoms with Crippen molar-refractivity contribution in [2.75, 3.05) is 5.33 Å². The Kier molecular flexibility index (Phi) is 4.02. The minimum absolute atomic E-state index is 0.992. The van der Waals surface area contributed by atoms with Crippen LogP contribution >= 0.6 is 31.9 Å². The van der Waals surface area contributed by atoms with E-state index in [4.69, 9.17) is 0 Å². The number of alkyl halides is 1. The lowest BCUT2D eigenvalue weighted by Gasteiger charge is -2.02. The van der Waals surface area contributed by atoms with Crippen molar-refractivity contribution in [3.05, 3.63) is 40.4 Å². The van der Waals surface area contributed by atoms with E-state index in [9.17, 15) is 0 Å². The zero-order valence-electron chi connectivity index (χ0n) is 6.69. The van der Waals surface area contributed by atoms with Crippen molar-refractivity contribution < 1.29 is 0 Å². The summed E-state index contributed by atoms with van der Waals surface area (Å²) in [6.07, 6.45) is 2.91. The van der Waals surface area contributed by atoms with Gasteiger partial charge in [0.15, 0.2) is 0 Å². The first-order valence-corrected chi connectivity index (χ1v) is 5.66. The molecule has 0 spiro atoms. The highest BCUT2D eigenvalue weighted by Gasteiger charge is 1.98. The number of hydrogen-bond acceptors (Lipinski definition) is 0. The molecule has 0 aliphatic carbocycles. The van der Waals surface area contributed by atoms with Gasteiger partial charge in [-0.3, -0.25) is 0 Å². The average molecular weight is 290 g/mol. The fourth-order valence-corrected chi connectivity index (χ4v) is 1.89. The summed E-state index contributed by atoms with van der Waals surface area (Å²) in [6, 6.07) is 6.27. The van der Waals surface area contributed by atoms with Gasteiger partial charge in [-0.25, -0.2) is 0 Å². The largest absolute Gasteiger partial charge is 0.0985 e. The molecule has 0 N–H and O–H groups in total. The van der Waals surface area contributed by atoms with E-state index >= 15 is 0 Å². The van der Waals surface area contributed by atoms with Crippen LogP contribution in [0.5, 0.6) is 0 Å². The molecule has 0 aromatic heterocycles. The molecule has 64 valence electrons. The summed E-state index contributed by atoms with van der Waals surface area (Å²) in [7, 11) is 0. The highest BCUT2D eigenvalue weighted by atomic mass is 79.9. The topological polar surface area (TPSA) is 0 Å². The van der Waals surface area contributed by atoms with Crippen molar-refractivity contribution >= 4 is 37.9 Å². The third-order valence-corrected chi connectivity index (χ3v) is 2.84. The van der Waals surface area contributed by atoms with Gasteiger partial charge in [0.05, 0.1) is 0 Å². The fourth-order valence-electron chi connectivity index (χ4n) is 1.02. The van der Waals surface area contributed by atoms with Gasteiger partial charge in [0.25, 0.3) is 0 Å². The molecular weight excluding hydrogens is 280 g/mol. The molecule has 1 rings (SSSR count). The molecule has 0 aliphatic rings. The Morgan fingerprint density at radius 3 is 2.75 bits per heavy atom. The lowest BCUT2D eigenvalue weighted by molar-refractivity contribution is 1.15. The Morgan fingerprint density at radius 2 is 2.17 bits per heavy atom. The fraction of sp³-hybridized carbons (Fsp3) is 0.200. The number of benzene rings is 1. The number of rotatable bonds is 3. The summed E-state index contributed by atoms with van der Waals surface area (Å²) in [5.41, 5.74) is 2.50. The van der Waals surface area contributed by atoms with E-state index in [2.05, 4.69) is 56.6 Å². The van der Waals surface area contributed by atoms with Crippen LogP contribution in [0.3, 0.4) is 0 Å². The second-order valence-corrected chi connectivity index (χ2v) is 4.14. The van der Waals surface area contributed by atoms with Gasteiger partial charge in [-0.1, -0.05) is 56.6 Å². The van der Waals surface area contributed by atoms with E-state index in [1.54, 1.807) is 0 Å². The molecule has 12 heavy (non-hydrogen) atoms. The molecule has 0 radical (unpaired) electrons. The third-order valence-electron chi connectivity index (χ3n) is 1.67. The van der Waals surface area contributed by atoms with Crippen LogP contribution < -0.4 is 0 Å². The van der Waals surface area contributed by atoms with Crippen LogP contribution in [0.4, 0.5) is 0 Å². The molecule has 0 unspecified atom stereocenters. The van der Waals surface area contributed by atoms with Crippen molar-refractivity contribution in [2.45, 2.75) is 6.42 Å². The van der Waals surface area contributed by atoms with Gasteiger partial charge in [-0.15, -0.1) is 0 Å². The molecule has 2 heteroatoms. The summed E-state index contributed by atoms with van der Waals surface area (Å²) in [5.74, 6) is 0. The molecular formula is C10H10Br2. The third kappa shape index (κ3) is 2.46. The van der Waals surface area contributed by atoms with Gasteiger partial charge in [0.2, 0.25) is 0 Å². The summed E-state index contributed by atoms with van der Waals surface area (Å²) in [6.45, 7) is 3.73. The quantitative estimate of drug-likeness (QED) is 0.737. The average Bonchev–Trinajstić information content (AvgIpc) is 2.09.